The van der Waals surface area contributed by atoms with Gasteiger partial charge in [0.25, 0.3) is 0 Å². The quantitative estimate of drug-likeness (QED) is 0.890. The summed E-state index contributed by atoms with van der Waals surface area (Å²) in [6.07, 6.45) is 5.53. The van der Waals surface area contributed by atoms with Crippen molar-refractivity contribution < 1.29 is 0 Å². The van der Waals surface area contributed by atoms with Crippen molar-refractivity contribution in [1.29, 1.82) is 0 Å². The Morgan fingerprint density at radius 3 is 2.62 bits per heavy atom. The molecule has 21 heavy (non-hydrogen) atoms. The van der Waals surface area contributed by atoms with E-state index in [-0.39, 0.29) is 5.54 Å². The van der Waals surface area contributed by atoms with Crippen LogP contribution in [0.1, 0.15) is 52.0 Å². The van der Waals surface area contributed by atoms with Crippen LogP contribution in [0.4, 0.5) is 0 Å². The smallest absolute Gasteiger partial charge is 0.0535 e. The summed E-state index contributed by atoms with van der Waals surface area (Å²) in [4.78, 5) is 2.75. The van der Waals surface area contributed by atoms with Gasteiger partial charge in [0, 0.05) is 25.7 Å². The van der Waals surface area contributed by atoms with Crippen molar-refractivity contribution in [3.8, 4) is 0 Å². The van der Waals surface area contributed by atoms with Gasteiger partial charge in [-0.2, -0.15) is 0 Å². The van der Waals surface area contributed by atoms with Gasteiger partial charge in [0.05, 0.1) is 5.54 Å². The summed E-state index contributed by atoms with van der Waals surface area (Å²) in [5.74, 6) is 0. The van der Waals surface area contributed by atoms with Crippen LogP contribution in [0.3, 0.4) is 0 Å². The molecule has 2 fully saturated rings. The Morgan fingerprint density at radius 2 is 1.90 bits per heavy atom. The Bertz CT molecular complexity index is 468. The molecule has 1 heterocycles. The fourth-order valence-corrected chi connectivity index (χ4v) is 4.30. The highest BCUT2D eigenvalue weighted by atomic mass is 15.2. The van der Waals surface area contributed by atoms with Crippen molar-refractivity contribution in [3.05, 3.63) is 35.9 Å². The van der Waals surface area contributed by atoms with Crippen LogP contribution in [0.25, 0.3) is 0 Å². The van der Waals surface area contributed by atoms with Crippen LogP contribution in [0.15, 0.2) is 30.3 Å². The normalized spacial score (nSPS) is 33.8. The molecule has 1 saturated carbocycles. The summed E-state index contributed by atoms with van der Waals surface area (Å²) >= 11 is 0. The van der Waals surface area contributed by atoms with E-state index in [1.54, 1.807) is 0 Å². The van der Waals surface area contributed by atoms with Gasteiger partial charge < -0.3 is 5.32 Å². The molecular formula is C19H30N2. The van der Waals surface area contributed by atoms with Gasteiger partial charge in [0.15, 0.2) is 0 Å². The molecule has 0 amide bonds. The van der Waals surface area contributed by atoms with Crippen molar-refractivity contribution in [2.45, 2.75) is 58.0 Å². The third kappa shape index (κ3) is 3.32. The highest BCUT2D eigenvalue weighted by Gasteiger charge is 2.38. The summed E-state index contributed by atoms with van der Waals surface area (Å²) in [5, 5.41) is 3.76. The summed E-state index contributed by atoms with van der Waals surface area (Å²) in [6, 6.07) is 11.7. The van der Waals surface area contributed by atoms with Gasteiger partial charge in [-0.15, -0.1) is 0 Å². The fourth-order valence-electron chi connectivity index (χ4n) is 4.30. The SMILES string of the molecule is CC1(C)CCCC(N2CCNC(C)(c3ccccc3)C2)C1. The van der Waals surface area contributed by atoms with Crippen molar-refractivity contribution >= 4 is 0 Å². The van der Waals surface area contributed by atoms with E-state index in [0.29, 0.717) is 5.41 Å². The molecule has 1 N–H and O–H groups in total. The number of nitrogens with zero attached hydrogens (tertiary/aromatic N) is 1. The second-order valence-corrected chi connectivity index (χ2v) is 8.01. The number of hydrogen-bond donors (Lipinski definition) is 1. The second-order valence-electron chi connectivity index (χ2n) is 8.01. The van der Waals surface area contributed by atoms with Gasteiger partial charge >= 0.3 is 0 Å². The van der Waals surface area contributed by atoms with Gasteiger partial charge in [-0.3, -0.25) is 4.90 Å². The van der Waals surface area contributed by atoms with Gasteiger partial charge in [0.1, 0.15) is 0 Å². The summed E-state index contributed by atoms with van der Waals surface area (Å²) in [6.45, 7) is 10.7. The molecule has 1 aliphatic heterocycles. The van der Waals surface area contributed by atoms with Crippen LogP contribution >= 0.6 is 0 Å². The lowest BCUT2D eigenvalue weighted by atomic mass is 9.74. The first-order chi connectivity index (χ1) is 9.99. The van der Waals surface area contributed by atoms with Crippen LogP contribution in [-0.2, 0) is 5.54 Å². The first kappa shape index (κ1) is 15.1. The molecule has 0 bridgehead atoms. The monoisotopic (exact) mass is 286 g/mol. The first-order valence-corrected chi connectivity index (χ1v) is 8.53. The zero-order valence-electron chi connectivity index (χ0n) is 13.9. The molecule has 2 unspecified atom stereocenters. The topological polar surface area (TPSA) is 15.3 Å². The molecule has 1 aromatic rings. The maximum Gasteiger partial charge on any atom is 0.0535 e. The van der Waals surface area contributed by atoms with Crippen molar-refractivity contribution in [2.75, 3.05) is 19.6 Å². The standard InChI is InChI=1S/C19H30N2/c1-18(2)11-7-10-17(14-18)21-13-12-20-19(3,15-21)16-8-5-4-6-9-16/h4-6,8-9,17,20H,7,10-15H2,1-3H3. The largest absolute Gasteiger partial charge is 0.305 e. The minimum Gasteiger partial charge on any atom is -0.305 e. The molecule has 116 valence electrons. The Labute approximate surface area is 129 Å². The summed E-state index contributed by atoms with van der Waals surface area (Å²) in [5.41, 5.74) is 2.04. The molecule has 0 spiro atoms. The third-order valence-electron chi connectivity index (χ3n) is 5.54. The molecule has 1 saturated heterocycles. The van der Waals surface area contributed by atoms with Crippen LogP contribution in [0, 0.1) is 5.41 Å². The zero-order chi connectivity index (χ0) is 14.9. The van der Waals surface area contributed by atoms with E-state index in [2.05, 4.69) is 61.3 Å². The molecule has 2 aliphatic rings. The Balaban J connectivity index is 1.74. The maximum absolute atomic E-state index is 3.76. The minimum absolute atomic E-state index is 0.0983. The highest BCUT2D eigenvalue weighted by molar-refractivity contribution is 5.25. The predicted octanol–water partition coefficient (Wildman–Crippen LogP) is 3.78. The van der Waals surface area contributed by atoms with E-state index in [1.807, 2.05) is 0 Å². The van der Waals surface area contributed by atoms with Gasteiger partial charge in [-0.05, 0) is 37.2 Å². The molecule has 2 nitrogen and oxygen atoms in total. The van der Waals surface area contributed by atoms with Crippen molar-refractivity contribution in [3.63, 3.8) is 0 Å². The van der Waals surface area contributed by atoms with Crippen LogP contribution < -0.4 is 5.32 Å². The molecule has 2 atom stereocenters. The lowest BCUT2D eigenvalue weighted by molar-refractivity contribution is 0.0472. The Kier molecular flexibility index (Phi) is 4.11. The third-order valence-corrected chi connectivity index (χ3v) is 5.54. The fraction of sp³-hybridized carbons (Fsp3) is 0.684. The molecule has 0 aromatic heterocycles. The van der Waals surface area contributed by atoms with Crippen LogP contribution in [0.5, 0.6) is 0 Å². The lowest BCUT2D eigenvalue weighted by Gasteiger charge is -2.48. The number of nitrogens with one attached hydrogen (secondary N) is 1. The van der Waals surface area contributed by atoms with E-state index in [0.717, 1.165) is 19.1 Å². The molecule has 1 aliphatic carbocycles. The molecule has 2 heteroatoms. The van der Waals surface area contributed by atoms with Gasteiger partial charge in [0.2, 0.25) is 0 Å². The molecule has 3 rings (SSSR count). The lowest BCUT2D eigenvalue weighted by Crippen LogP contribution is -2.59. The number of benzene rings is 1. The van der Waals surface area contributed by atoms with E-state index >= 15 is 0 Å². The van der Waals surface area contributed by atoms with Crippen LogP contribution in [-0.4, -0.2) is 30.6 Å². The highest BCUT2D eigenvalue weighted by Crippen LogP contribution is 2.38. The number of hydrogen-bond acceptors (Lipinski definition) is 2. The first-order valence-electron chi connectivity index (χ1n) is 8.53. The van der Waals surface area contributed by atoms with Gasteiger partial charge in [-0.25, -0.2) is 0 Å². The Hall–Kier alpha value is -0.860. The van der Waals surface area contributed by atoms with Gasteiger partial charge in [-0.1, -0.05) is 50.6 Å². The predicted molar refractivity (Wildman–Crippen MR) is 89.4 cm³/mol. The Morgan fingerprint density at radius 1 is 1.14 bits per heavy atom. The van der Waals surface area contributed by atoms with E-state index in [9.17, 15) is 0 Å². The zero-order valence-corrected chi connectivity index (χ0v) is 13.9. The molecular weight excluding hydrogens is 256 g/mol. The average Bonchev–Trinajstić information content (AvgIpc) is 2.47. The summed E-state index contributed by atoms with van der Waals surface area (Å²) < 4.78 is 0. The second kappa shape index (κ2) is 5.73. The summed E-state index contributed by atoms with van der Waals surface area (Å²) in [7, 11) is 0. The number of piperazine rings is 1. The van der Waals surface area contributed by atoms with E-state index in [1.165, 1.54) is 37.8 Å². The minimum atomic E-state index is 0.0983. The molecule has 1 aromatic carbocycles. The molecule has 0 radical (unpaired) electrons. The van der Waals surface area contributed by atoms with Crippen LogP contribution in [0.2, 0.25) is 0 Å². The van der Waals surface area contributed by atoms with Crippen molar-refractivity contribution in [2.24, 2.45) is 5.41 Å². The maximum atomic E-state index is 3.76. The van der Waals surface area contributed by atoms with E-state index < -0.39 is 0 Å². The van der Waals surface area contributed by atoms with E-state index in [4.69, 9.17) is 0 Å². The average molecular weight is 286 g/mol. The number of rotatable bonds is 2. The van der Waals surface area contributed by atoms with Crippen molar-refractivity contribution in [1.82, 2.24) is 10.2 Å².